The number of halogens is 1. The normalized spacial score (nSPS) is 20.7. The van der Waals surface area contributed by atoms with Gasteiger partial charge in [0.05, 0.1) is 22.3 Å². The van der Waals surface area contributed by atoms with Crippen LogP contribution in [0, 0.1) is 0 Å². The fraction of sp³-hybridized carbons (Fsp3) is 0.176. The Balaban J connectivity index is 1.44. The molecule has 0 amide bonds. The van der Waals surface area contributed by atoms with Crippen molar-refractivity contribution in [1.29, 1.82) is 0 Å². The first-order valence-electron chi connectivity index (χ1n) is 13.7. The van der Waals surface area contributed by atoms with E-state index in [1.807, 2.05) is 0 Å². The average molecular weight is 659 g/mol. The largest absolute Gasteiger partial charge is 0.459 e. The van der Waals surface area contributed by atoms with Crippen molar-refractivity contribution in [2.24, 2.45) is 0 Å². The monoisotopic (exact) mass is 658 g/mol. The van der Waals surface area contributed by atoms with Crippen molar-refractivity contribution >= 4 is 39.8 Å². The van der Waals surface area contributed by atoms with E-state index in [9.17, 15) is 19.2 Å². The summed E-state index contributed by atoms with van der Waals surface area (Å²) in [5, 5.41) is 0. The molecule has 0 saturated carbocycles. The van der Waals surface area contributed by atoms with Crippen LogP contribution in [0.1, 0.15) is 41.4 Å². The van der Waals surface area contributed by atoms with Gasteiger partial charge in [0, 0.05) is 0 Å². The number of alkyl halides is 1. The summed E-state index contributed by atoms with van der Waals surface area (Å²) in [6.07, 6.45) is -3.75. The van der Waals surface area contributed by atoms with Crippen LogP contribution in [0.15, 0.2) is 121 Å². The van der Waals surface area contributed by atoms with E-state index in [4.69, 9.17) is 23.7 Å². The second-order valence-corrected chi connectivity index (χ2v) is 11.1. The molecule has 0 N–H and O–H groups in total. The van der Waals surface area contributed by atoms with E-state index in [-0.39, 0.29) is 17.7 Å². The van der Waals surface area contributed by atoms with Gasteiger partial charge in [0.2, 0.25) is 0 Å². The molecule has 1 aliphatic rings. The first kappa shape index (κ1) is 30.7. The predicted molar refractivity (Wildman–Crippen MR) is 161 cm³/mol. The summed E-state index contributed by atoms with van der Waals surface area (Å²) >= 11 is 3.49. The smallest absolute Gasteiger partial charge is 0.338 e. The van der Waals surface area contributed by atoms with E-state index in [0.717, 1.165) is 0 Å². The molecule has 9 nitrogen and oxygen atoms in total. The third-order valence-electron chi connectivity index (χ3n) is 6.73. The van der Waals surface area contributed by atoms with Crippen LogP contribution in [-0.4, -0.2) is 59.9 Å². The van der Waals surface area contributed by atoms with Crippen LogP contribution in [0.2, 0.25) is 0 Å². The van der Waals surface area contributed by atoms with Gasteiger partial charge in [-0.15, -0.1) is 0 Å². The summed E-state index contributed by atoms with van der Waals surface area (Å²) in [7, 11) is 0. The molecule has 0 aromatic heterocycles. The Kier molecular flexibility index (Phi) is 9.83. The first-order valence-corrected chi connectivity index (χ1v) is 14.5. The SMILES string of the molecule is O=C(OC[C@H]1OC(Br)(COC(=O)c2ccccc2)C(OC(=O)c2ccccc2)[C@@H]1OC(=O)c1ccccc1)c1ccccc1. The van der Waals surface area contributed by atoms with Gasteiger partial charge in [-0.1, -0.05) is 72.8 Å². The van der Waals surface area contributed by atoms with Crippen LogP contribution < -0.4 is 0 Å². The van der Waals surface area contributed by atoms with E-state index in [2.05, 4.69) is 15.9 Å². The van der Waals surface area contributed by atoms with Gasteiger partial charge >= 0.3 is 23.9 Å². The topological polar surface area (TPSA) is 114 Å². The standard InChI is InChI=1S/C34H27BrO9/c35-34(22-41-31(37)24-15-7-2-8-16-24)29(43-33(39)26-19-11-4-12-20-26)28(42-32(38)25-17-9-3-10-18-25)27(44-34)21-40-30(36)23-13-5-1-6-14-23/h1-20,27-29H,21-22H2/t27-,28-,29?,34?/m1/s1. The lowest BCUT2D eigenvalue weighted by molar-refractivity contribution is -0.0687. The third kappa shape index (κ3) is 7.39. The number of benzene rings is 4. The Morgan fingerprint density at radius 2 is 0.955 bits per heavy atom. The zero-order valence-corrected chi connectivity index (χ0v) is 24.8. The number of rotatable bonds is 10. The van der Waals surface area contributed by atoms with Crippen molar-refractivity contribution in [2.75, 3.05) is 13.2 Å². The van der Waals surface area contributed by atoms with Gasteiger partial charge in [0.15, 0.2) is 16.7 Å². The molecule has 4 aromatic carbocycles. The lowest BCUT2D eigenvalue weighted by atomic mass is 10.1. The summed E-state index contributed by atoms with van der Waals surface area (Å²) in [4.78, 5) is 52.1. The highest BCUT2D eigenvalue weighted by Crippen LogP contribution is 2.41. The molecule has 1 aliphatic heterocycles. The number of hydrogen-bond donors (Lipinski definition) is 0. The van der Waals surface area contributed by atoms with E-state index in [1.165, 1.54) is 0 Å². The molecule has 10 heteroatoms. The molecule has 0 bridgehead atoms. The maximum absolute atomic E-state index is 13.3. The Hall–Kier alpha value is -4.80. The average Bonchev–Trinajstić information content (AvgIpc) is 3.33. The van der Waals surface area contributed by atoms with Crippen LogP contribution in [0.5, 0.6) is 0 Å². The fourth-order valence-electron chi connectivity index (χ4n) is 4.52. The third-order valence-corrected chi connectivity index (χ3v) is 7.60. The van der Waals surface area contributed by atoms with Crippen LogP contribution in [0.4, 0.5) is 0 Å². The van der Waals surface area contributed by atoms with Crippen molar-refractivity contribution in [3.8, 4) is 0 Å². The van der Waals surface area contributed by atoms with Gasteiger partial charge in [-0.3, -0.25) is 0 Å². The molecular weight excluding hydrogens is 632 g/mol. The van der Waals surface area contributed by atoms with E-state index in [1.54, 1.807) is 121 Å². The molecule has 0 aliphatic carbocycles. The van der Waals surface area contributed by atoms with Gasteiger partial charge in [-0.25, -0.2) is 19.2 Å². The number of esters is 4. The Morgan fingerprint density at radius 1 is 0.568 bits per heavy atom. The van der Waals surface area contributed by atoms with E-state index >= 15 is 0 Å². The number of ether oxygens (including phenoxy) is 5. The van der Waals surface area contributed by atoms with Crippen molar-refractivity contribution in [2.45, 2.75) is 22.8 Å². The Bertz CT molecular complexity index is 1580. The van der Waals surface area contributed by atoms with E-state index < -0.39 is 53.3 Å². The lowest BCUT2D eigenvalue weighted by Crippen LogP contribution is -2.47. The molecule has 44 heavy (non-hydrogen) atoms. The van der Waals surface area contributed by atoms with Gasteiger partial charge < -0.3 is 23.7 Å². The summed E-state index contributed by atoms with van der Waals surface area (Å²) in [5.74, 6) is -2.75. The number of hydrogen-bond acceptors (Lipinski definition) is 9. The minimum absolute atomic E-state index is 0.232. The van der Waals surface area contributed by atoms with Crippen LogP contribution in [0.25, 0.3) is 0 Å². The van der Waals surface area contributed by atoms with Crippen LogP contribution >= 0.6 is 15.9 Å². The molecule has 224 valence electrons. The summed E-state index contributed by atoms with van der Waals surface area (Å²) in [5.41, 5.74) is 1.07. The Morgan fingerprint density at radius 3 is 1.41 bits per heavy atom. The zero-order chi connectivity index (χ0) is 30.9. The molecule has 5 rings (SSSR count). The maximum Gasteiger partial charge on any atom is 0.338 e. The zero-order valence-electron chi connectivity index (χ0n) is 23.2. The minimum atomic E-state index is -1.69. The van der Waals surface area contributed by atoms with Crippen LogP contribution in [0.3, 0.4) is 0 Å². The molecule has 1 saturated heterocycles. The number of carbonyl (C=O) groups is 4. The Labute approximate surface area is 261 Å². The molecule has 4 atom stereocenters. The molecule has 1 heterocycles. The lowest BCUT2D eigenvalue weighted by Gasteiger charge is -2.29. The van der Waals surface area contributed by atoms with E-state index in [0.29, 0.717) is 11.1 Å². The molecule has 0 radical (unpaired) electrons. The highest BCUT2D eigenvalue weighted by molar-refractivity contribution is 9.10. The second kappa shape index (κ2) is 14.1. The second-order valence-electron chi connectivity index (χ2n) is 9.78. The molecule has 0 spiro atoms. The minimum Gasteiger partial charge on any atom is -0.459 e. The van der Waals surface area contributed by atoms with Crippen LogP contribution in [-0.2, 0) is 23.7 Å². The summed E-state index contributed by atoms with van der Waals surface area (Å²) in [6.45, 7) is -0.824. The highest BCUT2D eigenvalue weighted by atomic mass is 79.9. The summed E-state index contributed by atoms with van der Waals surface area (Å²) in [6, 6.07) is 33.1. The first-order chi connectivity index (χ1) is 21.3. The molecule has 1 fully saturated rings. The van der Waals surface area contributed by atoms with Gasteiger partial charge in [0.1, 0.15) is 19.3 Å². The quantitative estimate of drug-likeness (QED) is 0.121. The van der Waals surface area contributed by atoms with Gasteiger partial charge in [-0.2, -0.15) is 0 Å². The number of carbonyl (C=O) groups excluding carboxylic acids is 4. The van der Waals surface area contributed by atoms with Gasteiger partial charge in [0.25, 0.3) is 0 Å². The van der Waals surface area contributed by atoms with Crippen molar-refractivity contribution in [3.63, 3.8) is 0 Å². The van der Waals surface area contributed by atoms with Crippen molar-refractivity contribution in [3.05, 3.63) is 144 Å². The molecular formula is C34H27BrO9. The maximum atomic E-state index is 13.3. The highest BCUT2D eigenvalue weighted by Gasteiger charge is 2.59. The van der Waals surface area contributed by atoms with Crippen molar-refractivity contribution < 1.29 is 42.9 Å². The fourth-order valence-corrected chi connectivity index (χ4v) is 5.23. The summed E-state index contributed by atoms with van der Waals surface area (Å²) < 4.78 is 27.4. The predicted octanol–water partition coefficient (Wildman–Crippen LogP) is 5.64. The van der Waals surface area contributed by atoms with Crippen molar-refractivity contribution in [1.82, 2.24) is 0 Å². The molecule has 2 unspecified atom stereocenters. The van der Waals surface area contributed by atoms with Gasteiger partial charge in [-0.05, 0) is 64.5 Å². The molecule has 4 aromatic rings.